The van der Waals surface area contributed by atoms with E-state index in [4.69, 9.17) is 14.2 Å². The van der Waals surface area contributed by atoms with Crippen molar-refractivity contribution in [2.75, 3.05) is 49.3 Å². The first kappa shape index (κ1) is 32.1. The summed E-state index contributed by atoms with van der Waals surface area (Å²) in [5.74, 6) is 2.93. The van der Waals surface area contributed by atoms with Gasteiger partial charge in [0, 0.05) is 23.9 Å². The minimum Gasteiger partial charge on any atom is -0.493 e. The highest BCUT2D eigenvalue weighted by atomic mass is 32.2. The summed E-state index contributed by atoms with van der Waals surface area (Å²) >= 11 is 1.28. The minimum atomic E-state index is -0.354. The van der Waals surface area contributed by atoms with Crippen LogP contribution < -0.4 is 29.7 Å². The predicted octanol–water partition coefficient (Wildman–Crippen LogP) is 6.80. The predicted molar refractivity (Wildman–Crippen MR) is 182 cm³/mol. The van der Waals surface area contributed by atoms with Crippen molar-refractivity contribution in [1.82, 2.24) is 20.2 Å². The third kappa shape index (κ3) is 7.95. The van der Waals surface area contributed by atoms with Gasteiger partial charge in [-0.05, 0) is 81.4 Å². The number of aromatic nitrogens is 2. The standard InChI is InChI=1S/C35H38N6O5S/c1-24-32-33(41(35(43)38-24)26-12-14-28(15-13-26)46-27-9-5-3-6-10-27)36-23-37-34(32)47-22-31(42)39-25-11-16-29(30(21-25)44-2)45-20-19-40-17-7-4-8-18-40/h3,5-6,9-16,21,23-24H,4,7-8,17-20,22H2,1-2H3,(H,38,43)(H,39,42). The number of fused-ring (bicyclic) bond motifs is 1. The molecule has 4 aromatic rings. The van der Waals surface area contributed by atoms with Crippen molar-refractivity contribution in [2.24, 2.45) is 0 Å². The van der Waals surface area contributed by atoms with Crippen LogP contribution in [0.1, 0.15) is 37.8 Å². The van der Waals surface area contributed by atoms with Crippen molar-refractivity contribution >= 4 is 40.9 Å². The number of thioether (sulfide) groups is 1. The molecule has 1 fully saturated rings. The Kier molecular flexibility index (Phi) is 10.4. The highest BCUT2D eigenvalue weighted by molar-refractivity contribution is 8.00. The molecule has 6 rings (SSSR count). The van der Waals surface area contributed by atoms with E-state index < -0.39 is 0 Å². The van der Waals surface area contributed by atoms with E-state index in [-0.39, 0.29) is 23.7 Å². The van der Waals surface area contributed by atoms with Crippen molar-refractivity contribution in [3.8, 4) is 23.0 Å². The van der Waals surface area contributed by atoms with E-state index in [0.717, 1.165) is 30.9 Å². The Morgan fingerprint density at radius 1 is 0.979 bits per heavy atom. The number of rotatable bonds is 12. The summed E-state index contributed by atoms with van der Waals surface area (Å²) in [4.78, 5) is 39.1. The molecule has 0 aliphatic carbocycles. The average molecular weight is 655 g/mol. The molecular formula is C35H38N6O5S. The van der Waals surface area contributed by atoms with Gasteiger partial charge in [0.25, 0.3) is 0 Å². The van der Waals surface area contributed by atoms with E-state index in [0.29, 0.717) is 46.1 Å². The summed E-state index contributed by atoms with van der Waals surface area (Å²) in [7, 11) is 1.59. The summed E-state index contributed by atoms with van der Waals surface area (Å²) in [6.45, 7) is 5.56. The van der Waals surface area contributed by atoms with E-state index in [1.165, 1.54) is 42.3 Å². The zero-order valence-corrected chi connectivity index (χ0v) is 27.3. The molecule has 11 nitrogen and oxygen atoms in total. The minimum absolute atomic E-state index is 0.103. The molecule has 1 atom stereocenters. The molecule has 244 valence electrons. The number of carbonyl (C=O) groups is 2. The summed E-state index contributed by atoms with van der Waals surface area (Å²) in [5, 5.41) is 6.54. The van der Waals surface area contributed by atoms with Crippen LogP contribution in [0.3, 0.4) is 0 Å². The van der Waals surface area contributed by atoms with E-state index in [1.807, 2.05) is 43.3 Å². The van der Waals surface area contributed by atoms with E-state index in [1.54, 1.807) is 43.5 Å². The maximum Gasteiger partial charge on any atom is 0.328 e. The smallest absolute Gasteiger partial charge is 0.328 e. The van der Waals surface area contributed by atoms with Gasteiger partial charge in [-0.3, -0.25) is 9.69 Å². The lowest BCUT2D eigenvalue weighted by Gasteiger charge is -2.33. The Balaban J connectivity index is 1.09. The van der Waals surface area contributed by atoms with Gasteiger partial charge in [0.1, 0.15) is 29.5 Å². The van der Waals surface area contributed by atoms with Gasteiger partial charge in [0.15, 0.2) is 17.3 Å². The van der Waals surface area contributed by atoms with E-state index >= 15 is 0 Å². The van der Waals surface area contributed by atoms with Gasteiger partial charge in [-0.2, -0.15) is 0 Å². The molecule has 0 spiro atoms. The fourth-order valence-electron chi connectivity index (χ4n) is 5.65. The Hall–Kier alpha value is -4.81. The summed E-state index contributed by atoms with van der Waals surface area (Å²) in [5.41, 5.74) is 1.96. The van der Waals surface area contributed by atoms with Crippen molar-refractivity contribution in [3.63, 3.8) is 0 Å². The van der Waals surface area contributed by atoms with Crippen LogP contribution in [-0.2, 0) is 4.79 Å². The van der Waals surface area contributed by atoms with Crippen molar-refractivity contribution < 1.29 is 23.8 Å². The molecule has 3 aromatic carbocycles. The van der Waals surface area contributed by atoms with Gasteiger partial charge in [0.05, 0.1) is 24.6 Å². The number of amides is 3. The highest BCUT2D eigenvalue weighted by Crippen LogP contribution is 2.39. The molecule has 0 saturated carbocycles. The number of ether oxygens (including phenoxy) is 3. The second-order valence-corrected chi connectivity index (χ2v) is 12.2. The van der Waals surface area contributed by atoms with Crippen LogP contribution in [0.25, 0.3) is 0 Å². The molecule has 2 aliphatic rings. The van der Waals surface area contributed by atoms with Crippen LogP contribution in [0.4, 0.5) is 22.0 Å². The second kappa shape index (κ2) is 15.2. The largest absolute Gasteiger partial charge is 0.493 e. The summed E-state index contributed by atoms with van der Waals surface area (Å²) in [6, 6.07) is 21.4. The molecule has 1 aromatic heterocycles. The average Bonchev–Trinajstić information content (AvgIpc) is 3.09. The van der Waals surface area contributed by atoms with Gasteiger partial charge >= 0.3 is 6.03 Å². The first-order chi connectivity index (χ1) is 23.0. The normalized spacial score (nSPS) is 16.2. The maximum atomic E-state index is 13.2. The molecule has 0 bridgehead atoms. The maximum absolute atomic E-state index is 13.2. The molecule has 1 saturated heterocycles. The molecule has 2 aliphatic heterocycles. The SMILES string of the molecule is COc1cc(NC(=O)CSc2ncnc3c2C(C)NC(=O)N3c2ccc(Oc3ccccc3)cc2)ccc1OCCN1CCCCC1. The summed E-state index contributed by atoms with van der Waals surface area (Å²) in [6.07, 6.45) is 5.20. The lowest BCUT2D eigenvalue weighted by molar-refractivity contribution is -0.113. The molecule has 3 amide bonds. The molecule has 12 heteroatoms. The Morgan fingerprint density at radius 3 is 2.51 bits per heavy atom. The lowest BCUT2D eigenvalue weighted by atomic mass is 10.1. The number of hydrogen-bond donors (Lipinski definition) is 2. The third-order valence-corrected chi connectivity index (χ3v) is 8.99. The van der Waals surface area contributed by atoms with Crippen LogP contribution in [0.15, 0.2) is 84.1 Å². The molecule has 0 radical (unpaired) electrons. The highest BCUT2D eigenvalue weighted by Gasteiger charge is 2.33. The topological polar surface area (TPSA) is 118 Å². The van der Waals surface area contributed by atoms with Gasteiger partial charge < -0.3 is 24.8 Å². The number of nitrogens with one attached hydrogen (secondary N) is 2. The first-order valence-corrected chi connectivity index (χ1v) is 16.7. The number of hydrogen-bond acceptors (Lipinski definition) is 9. The van der Waals surface area contributed by atoms with Crippen LogP contribution in [0.2, 0.25) is 0 Å². The monoisotopic (exact) mass is 654 g/mol. The van der Waals surface area contributed by atoms with Crippen LogP contribution in [-0.4, -0.2) is 65.9 Å². The number of benzene rings is 3. The van der Waals surface area contributed by atoms with Crippen molar-refractivity contribution in [2.45, 2.75) is 37.3 Å². The second-order valence-electron chi connectivity index (χ2n) is 11.3. The van der Waals surface area contributed by atoms with E-state index in [9.17, 15) is 9.59 Å². The van der Waals surface area contributed by atoms with Crippen LogP contribution in [0.5, 0.6) is 23.0 Å². The van der Waals surface area contributed by atoms with Gasteiger partial charge in [0.2, 0.25) is 5.91 Å². The van der Waals surface area contributed by atoms with Crippen molar-refractivity contribution in [1.29, 1.82) is 0 Å². The zero-order valence-electron chi connectivity index (χ0n) is 26.5. The van der Waals surface area contributed by atoms with Gasteiger partial charge in [-0.25, -0.2) is 19.7 Å². The fourth-order valence-corrected chi connectivity index (χ4v) is 6.54. The third-order valence-electron chi connectivity index (χ3n) is 7.99. The zero-order chi connectivity index (χ0) is 32.6. The Labute approximate surface area is 278 Å². The van der Waals surface area contributed by atoms with Gasteiger partial charge in [-0.15, -0.1) is 0 Å². The number of para-hydroxylation sites is 1. The molecule has 1 unspecified atom stereocenters. The fraction of sp³-hybridized carbons (Fsp3) is 0.314. The van der Waals surface area contributed by atoms with Gasteiger partial charge in [-0.1, -0.05) is 36.4 Å². The quantitative estimate of drug-likeness (QED) is 0.126. The number of anilines is 3. The lowest BCUT2D eigenvalue weighted by Crippen LogP contribution is -2.44. The number of carbonyl (C=O) groups excluding carboxylic acids is 2. The Morgan fingerprint density at radius 2 is 1.74 bits per heavy atom. The molecule has 3 heterocycles. The summed E-state index contributed by atoms with van der Waals surface area (Å²) < 4.78 is 17.4. The van der Waals surface area contributed by atoms with E-state index in [2.05, 4.69) is 25.5 Å². The first-order valence-electron chi connectivity index (χ1n) is 15.7. The molecule has 47 heavy (non-hydrogen) atoms. The van der Waals surface area contributed by atoms with Crippen molar-refractivity contribution in [3.05, 3.63) is 84.7 Å². The number of piperidine rings is 1. The number of nitrogens with zero attached hydrogens (tertiary/aromatic N) is 4. The van der Waals surface area contributed by atoms with Crippen LogP contribution in [0, 0.1) is 0 Å². The molecular weight excluding hydrogens is 616 g/mol. The number of urea groups is 1. The number of methoxy groups -OCH3 is 1. The Bertz CT molecular complexity index is 1680. The molecule has 2 N–H and O–H groups in total. The van der Waals surface area contributed by atoms with Crippen LogP contribution >= 0.6 is 11.8 Å². The number of likely N-dealkylation sites (tertiary alicyclic amines) is 1.